The zero-order chi connectivity index (χ0) is 16.0. The van der Waals surface area contributed by atoms with Gasteiger partial charge in [0.05, 0.1) is 43.7 Å². The van der Waals surface area contributed by atoms with Crippen LogP contribution in [0.5, 0.6) is 5.75 Å². The number of morpholine rings is 1. The van der Waals surface area contributed by atoms with Crippen LogP contribution in [0.2, 0.25) is 0 Å². The average Bonchev–Trinajstić information content (AvgIpc) is 3.03. The van der Waals surface area contributed by atoms with Crippen LogP contribution in [0.4, 0.5) is 11.6 Å². The number of benzene rings is 1. The van der Waals surface area contributed by atoms with Crippen molar-refractivity contribution in [1.82, 2.24) is 14.8 Å². The summed E-state index contributed by atoms with van der Waals surface area (Å²) in [5, 5.41) is 4.59. The van der Waals surface area contributed by atoms with Crippen LogP contribution in [-0.4, -0.2) is 47.2 Å². The third kappa shape index (κ3) is 2.23. The van der Waals surface area contributed by atoms with Crippen LogP contribution in [0.3, 0.4) is 0 Å². The van der Waals surface area contributed by atoms with Crippen molar-refractivity contribution in [2.75, 3.05) is 31.0 Å². The van der Waals surface area contributed by atoms with E-state index in [9.17, 15) is 0 Å². The molecule has 0 saturated carbocycles. The first-order valence-electron chi connectivity index (χ1n) is 7.89. The molecular weight excluding hydrogens is 294 g/mol. The number of aromatic nitrogens is 3. The Hall–Kier alpha value is -2.28. The van der Waals surface area contributed by atoms with E-state index in [0.717, 1.165) is 37.6 Å². The third-order valence-electron chi connectivity index (χ3n) is 4.70. The van der Waals surface area contributed by atoms with Crippen molar-refractivity contribution >= 4 is 11.6 Å². The van der Waals surface area contributed by atoms with E-state index in [1.165, 1.54) is 0 Å². The molecule has 1 aromatic carbocycles. The molecule has 23 heavy (non-hydrogen) atoms. The molecule has 2 bridgehead atoms. The summed E-state index contributed by atoms with van der Waals surface area (Å²) in [6, 6.07) is 6.43. The Balaban J connectivity index is 1.75. The molecule has 0 aliphatic carbocycles. The van der Waals surface area contributed by atoms with Gasteiger partial charge in [-0.3, -0.25) is 0 Å². The molecule has 7 heteroatoms. The summed E-state index contributed by atoms with van der Waals surface area (Å²) in [6.45, 7) is 1.53. The van der Waals surface area contributed by atoms with Crippen LogP contribution >= 0.6 is 0 Å². The fraction of sp³-hybridized carbons (Fsp3) is 0.500. The predicted molar refractivity (Wildman–Crippen MR) is 87.5 cm³/mol. The summed E-state index contributed by atoms with van der Waals surface area (Å²) in [6.07, 6.45) is 2.29. The first kappa shape index (κ1) is 14.3. The van der Waals surface area contributed by atoms with Gasteiger partial charge in [0, 0.05) is 7.05 Å². The summed E-state index contributed by atoms with van der Waals surface area (Å²) in [4.78, 5) is 7.14. The predicted octanol–water partition coefficient (Wildman–Crippen LogP) is 1.44. The number of methoxy groups -OCH3 is 1. The molecule has 2 atom stereocenters. The van der Waals surface area contributed by atoms with Gasteiger partial charge in [-0.15, -0.1) is 5.10 Å². The van der Waals surface area contributed by atoms with Gasteiger partial charge in [-0.2, -0.15) is 4.98 Å². The second-order valence-electron chi connectivity index (χ2n) is 6.12. The highest BCUT2D eigenvalue weighted by Crippen LogP contribution is 2.36. The second kappa shape index (κ2) is 5.42. The molecule has 0 spiro atoms. The van der Waals surface area contributed by atoms with Crippen LogP contribution in [0.15, 0.2) is 18.2 Å². The summed E-state index contributed by atoms with van der Waals surface area (Å²) in [7, 11) is 3.54. The summed E-state index contributed by atoms with van der Waals surface area (Å²) in [5.41, 5.74) is 7.40. The van der Waals surface area contributed by atoms with Gasteiger partial charge in [-0.25, -0.2) is 4.68 Å². The van der Waals surface area contributed by atoms with E-state index in [1.807, 2.05) is 29.9 Å². The molecule has 2 unspecified atom stereocenters. The quantitative estimate of drug-likeness (QED) is 0.864. The minimum Gasteiger partial charge on any atom is -0.494 e. The number of nitrogens with zero attached hydrogens (tertiary/aromatic N) is 4. The van der Waals surface area contributed by atoms with E-state index in [4.69, 9.17) is 20.2 Å². The molecule has 2 fully saturated rings. The molecule has 0 amide bonds. The number of nitrogens with two attached hydrogens (primary N) is 1. The molecule has 2 aliphatic rings. The number of para-hydroxylation sites is 1. The number of fused-ring (bicyclic) bond motifs is 2. The Morgan fingerprint density at radius 2 is 2.00 bits per heavy atom. The zero-order valence-corrected chi connectivity index (χ0v) is 13.4. The zero-order valence-electron chi connectivity index (χ0n) is 13.4. The lowest BCUT2D eigenvalue weighted by atomic mass is 10.1. The molecular formula is C16H21N5O2. The topological polar surface area (TPSA) is 78.4 Å². The molecule has 2 saturated heterocycles. The summed E-state index contributed by atoms with van der Waals surface area (Å²) >= 11 is 0. The SMILES string of the molecule is COc1c(N)cccc1-c1nc(N2C3CCC2COC3)n(C)n1. The Morgan fingerprint density at radius 1 is 1.26 bits per heavy atom. The lowest BCUT2D eigenvalue weighted by molar-refractivity contribution is 0.0893. The number of anilines is 2. The monoisotopic (exact) mass is 315 g/mol. The number of hydrogen-bond donors (Lipinski definition) is 1. The van der Waals surface area contributed by atoms with Crippen molar-refractivity contribution in [3.63, 3.8) is 0 Å². The number of aryl methyl sites for hydroxylation is 1. The van der Waals surface area contributed by atoms with Crippen molar-refractivity contribution in [2.24, 2.45) is 7.05 Å². The van der Waals surface area contributed by atoms with Crippen molar-refractivity contribution in [1.29, 1.82) is 0 Å². The molecule has 1 aromatic heterocycles. The Morgan fingerprint density at radius 3 is 2.70 bits per heavy atom. The van der Waals surface area contributed by atoms with Crippen molar-refractivity contribution in [3.8, 4) is 17.1 Å². The first-order chi connectivity index (χ1) is 11.2. The minimum atomic E-state index is 0.396. The molecule has 2 N–H and O–H groups in total. The van der Waals surface area contributed by atoms with Gasteiger partial charge in [0.2, 0.25) is 5.95 Å². The third-order valence-corrected chi connectivity index (χ3v) is 4.70. The molecule has 0 radical (unpaired) electrons. The standard InChI is InChI=1S/C16H21N5O2/c1-20-16(21-10-6-7-11(21)9-23-8-10)18-15(19-20)12-4-3-5-13(17)14(12)22-2/h3-5,10-11H,6-9,17H2,1-2H3. The van der Waals surface area contributed by atoms with Crippen LogP contribution in [0.1, 0.15) is 12.8 Å². The maximum absolute atomic E-state index is 6.00. The molecule has 3 heterocycles. The lowest BCUT2D eigenvalue weighted by Crippen LogP contribution is -2.47. The van der Waals surface area contributed by atoms with E-state index < -0.39 is 0 Å². The number of ether oxygens (including phenoxy) is 2. The maximum atomic E-state index is 6.00. The van der Waals surface area contributed by atoms with Gasteiger partial charge in [0.1, 0.15) is 0 Å². The summed E-state index contributed by atoms with van der Waals surface area (Å²) in [5.74, 6) is 2.15. The smallest absolute Gasteiger partial charge is 0.224 e. The summed E-state index contributed by atoms with van der Waals surface area (Å²) < 4.78 is 12.9. The molecule has 2 aromatic rings. The van der Waals surface area contributed by atoms with Gasteiger partial charge < -0.3 is 20.1 Å². The Bertz CT molecular complexity index is 713. The van der Waals surface area contributed by atoms with Gasteiger partial charge in [-0.05, 0) is 25.0 Å². The van der Waals surface area contributed by atoms with Crippen molar-refractivity contribution < 1.29 is 9.47 Å². The minimum absolute atomic E-state index is 0.396. The van der Waals surface area contributed by atoms with Crippen LogP contribution in [-0.2, 0) is 11.8 Å². The number of nitrogen functional groups attached to an aromatic ring is 1. The highest BCUT2D eigenvalue weighted by atomic mass is 16.5. The number of hydrogen-bond acceptors (Lipinski definition) is 6. The fourth-order valence-electron chi connectivity index (χ4n) is 3.63. The van der Waals surface area contributed by atoms with E-state index in [0.29, 0.717) is 29.3 Å². The lowest BCUT2D eigenvalue weighted by Gasteiger charge is -2.34. The average molecular weight is 315 g/mol. The second-order valence-corrected chi connectivity index (χ2v) is 6.12. The van der Waals surface area contributed by atoms with Crippen LogP contribution in [0, 0.1) is 0 Å². The first-order valence-corrected chi connectivity index (χ1v) is 7.89. The van der Waals surface area contributed by atoms with E-state index >= 15 is 0 Å². The maximum Gasteiger partial charge on any atom is 0.224 e. The Kier molecular flexibility index (Phi) is 3.37. The molecule has 4 rings (SSSR count). The molecule has 2 aliphatic heterocycles. The van der Waals surface area contributed by atoms with Gasteiger partial charge in [-0.1, -0.05) is 6.07 Å². The van der Waals surface area contributed by atoms with E-state index in [1.54, 1.807) is 7.11 Å². The van der Waals surface area contributed by atoms with Gasteiger partial charge in [0.25, 0.3) is 0 Å². The van der Waals surface area contributed by atoms with Crippen LogP contribution in [0.25, 0.3) is 11.4 Å². The fourth-order valence-corrected chi connectivity index (χ4v) is 3.63. The Labute approximate surface area is 135 Å². The van der Waals surface area contributed by atoms with Gasteiger partial charge in [0.15, 0.2) is 11.6 Å². The normalized spacial score (nSPS) is 23.3. The largest absolute Gasteiger partial charge is 0.494 e. The van der Waals surface area contributed by atoms with Gasteiger partial charge >= 0.3 is 0 Å². The van der Waals surface area contributed by atoms with Crippen molar-refractivity contribution in [2.45, 2.75) is 24.9 Å². The number of rotatable bonds is 3. The molecule has 122 valence electrons. The van der Waals surface area contributed by atoms with E-state index in [2.05, 4.69) is 10.00 Å². The van der Waals surface area contributed by atoms with Crippen LogP contribution < -0.4 is 15.4 Å². The molecule has 7 nitrogen and oxygen atoms in total. The highest BCUT2D eigenvalue weighted by molar-refractivity contribution is 5.73. The highest BCUT2D eigenvalue weighted by Gasteiger charge is 2.39. The van der Waals surface area contributed by atoms with E-state index in [-0.39, 0.29) is 0 Å². The van der Waals surface area contributed by atoms with Crippen molar-refractivity contribution in [3.05, 3.63) is 18.2 Å².